The van der Waals surface area contributed by atoms with Crippen molar-refractivity contribution in [1.29, 1.82) is 0 Å². The van der Waals surface area contributed by atoms with Crippen molar-refractivity contribution < 1.29 is 13.6 Å². The minimum absolute atomic E-state index is 0.390. The Bertz CT molecular complexity index is 218. The highest BCUT2D eigenvalue weighted by molar-refractivity contribution is 6.65. The minimum atomic E-state index is -3.27. The van der Waals surface area contributed by atoms with E-state index >= 15 is 0 Å². The molecule has 0 aliphatic carbocycles. The summed E-state index contributed by atoms with van der Waals surface area (Å²) in [6.45, 7) is 15.4. The normalized spacial score (nSPS) is 13.9. The molecule has 0 spiro atoms. The third-order valence-corrected chi connectivity index (χ3v) is 5.01. The molecule has 16 heavy (non-hydrogen) atoms. The van der Waals surface area contributed by atoms with Crippen molar-refractivity contribution in [2.24, 2.45) is 0 Å². The molecule has 0 aromatic rings. The molecule has 0 amide bonds. The lowest BCUT2D eigenvalue weighted by atomic mass is 10.1. The van der Waals surface area contributed by atoms with E-state index < -0.39 is 8.80 Å². The number of hydrogen-bond donors (Lipinski definition) is 1. The van der Waals surface area contributed by atoms with Crippen LogP contribution in [0.15, 0.2) is 12.3 Å². The fourth-order valence-electron chi connectivity index (χ4n) is 1.04. The number of rotatable bonds is 7. The zero-order chi connectivity index (χ0) is 13.0. The van der Waals surface area contributed by atoms with Crippen molar-refractivity contribution in [3.63, 3.8) is 0 Å². The van der Waals surface area contributed by atoms with Crippen LogP contribution in [0.3, 0.4) is 0 Å². The highest BCUT2D eigenvalue weighted by Gasteiger charge is 2.43. The first-order chi connectivity index (χ1) is 7.10. The van der Waals surface area contributed by atoms with E-state index in [2.05, 4.69) is 6.58 Å². The minimum Gasteiger partial charge on any atom is -0.387 e. The molecule has 0 saturated carbocycles. The van der Waals surface area contributed by atoms with E-state index in [0.29, 0.717) is 0 Å². The van der Waals surface area contributed by atoms with Crippen LogP contribution < -0.4 is 0 Å². The molecule has 0 rings (SSSR count). The van der Waals surface area contributed by atoms with Crippen LogP contribution in [0.2, 0.25) is 0 Å². The largest absolute Gasteiger partial charge is 0.527 e. The monoisotopic (exact) mass is 246 g/mol. The van der Waals surface area contributed by atoms with Gasteiger partial charge in [0.05, 0.1) is 11.2 Å². The van der Waals surface area contributed by atoms with Crippen LogP contribution in [-0.2, 0) is 8.85 Å². The highest BCUT2D eigenvalue weighted by atomic mass is 28.4. The fraction of sp³-hybridized carbons (Fsp3) is 0.833. The van der Waals surface area contributed by atoms with Gasteiger partial charge < -0.3 is 13.6 Å². The number of hydrogen-bond acceptors (Lipinski definition) is 3. The highest BCUT2D eigenvalue weighted by Crippen LogP contribution is 2.26. The second-order valence-electron chi connectivity index (χ2n) is 5.27. The van der Waals surface area contributed by atoms with Gasteiger partial charge in [-0.05, 0) is 46.2 Å². The summed E-state index contributed by atoms with van der Waals surface area (Å²) in [5.74, 6) is 0. The van der Waals surface area contributed by atoms with Gasteiger partial charge in [0.25, 0.3) is 0 Å². The lowest BCUT2D eigenvalue weighted by molar-refractivity contribution is -0.0345. The first-order valence-corrected chi connectivity index (χ1v) is 7.70. The maximum absolute atomic E-state index is 10.3. The van der Waals surface area contributed by atoms with Crippen LogP contribution in [0.1, 0.15) is 54.4 Å². The van der Waals surface area contributed by atoms with Crippen LogP contribution in [0.5, 0.6) is 0 Å². The molecule has 0 aliphatic heterocycles. The molecule has 0 unspecified atom stereocenters. The van der Waals surface area contributed by atoms with Gasteiger partial charge in [-0.2, -0.15) is 0 Å². The first-order valence-electron chi connectivity index (χ1n) is 5.86. The molecule has 4 heteroatoms. The molecule has 0 aliphatic rings. The van der Waals surface area contributed by atoms with Crippen molar-refractivity contribution >= 4 is 8.80 Å². The first kappa shape index (κ1) is 15.8. The third kappa shape index (κ3) is 5.25. The summed E-state index contributed by atoms with van der Waals surface area (Å²) in [6, 6.07) is 0. The Hall–Kier alpha value is -0.163. The summed E-state index contributed by atoms with van der Waals surface area (Å²) >= 11 is 0. The van der Waals surface area contributed by atoms with Crippen LogP contribution in [-0.4, -0.2) is 24.8 Å². The molecule has 0 aromatic carbocycles. The van der Waals surface area contributed by atoms with Gasteiger partial charge in [0.15, 0.2) is 0 Å². The molecule has 0 atom stereocenters. The summed E-state index contributed by atoms with van der Waals surface area (Å²) in [6.07, 6.45) is 1.62. The van der Waals surface area contributed by atoms with Gasteiger partial charge in [-0.1, -0.05) is 20.4 Å². The summed E-state index contributed by atoms with van der Waals surface area (Å²) < 4.78 is 11.4. The third-order valence-electron chi connectivity index (χ3n) is 2.81. The second-order valence-corrected chi connectivity index (χ2v) is 7.34. The van der Waals surface area contributed by atoms with Crippen molar-refractivity contribution in [2.75, 3.05) is 0 Å². The van der Waals surface area contributed by atoms with E-state index in [0.717, 1.165) is 12.8 Å². The SMILES string of the molecule is C=C[Si](O)(OC(C)(C)CC)OC(C)(C)CC. The second kappa shape index (κ2) is 5.45. The summed E-state index contributed by atoms with van der Waals surface area (Å²) in [5, 5.41) is 0. The molecule has 3 nitrogen and oxygen atoms in total. The maximum atomic E-state index is 10.3. The van der Waals surface area contributed by atoms with Crippen molar-refractivity contribution in [3.05, 3.63) is 12.3 Å². The van der Waals surface area contributed by atoms with Crippen LogP contribution in [0.25, 0.3) is 0 Å². The average Bonchev–Trinajstić information content (AvgIpc) is 2.16. The van der Waals surface area contributed by atoms with Gasteiger partial charge in [0.2, 0.25) is 0 Å². The van der Waals surface area contributed by atoms with Gasteiger partial charge in [0, 0.05) is 0 Å². The van der Waals surface area contributed by atoms with E-state index in [9.17, 15) is 4.80 Å². The van der Waals surface area contributed by atoms with Gasteiger partial charge in [-0.3, -0.25) is 0 Å². The Morgan fingerprint density at radius 2 is 1.38 bits per heavy atom. The fourth-order valence-corrected chi connectivity index (χ4v) is 3.12. The van der Waals surface area contributed by atoms with E-state index in [4.69, 9.17) is 8.85 Å². The average molecular weight is 246 g/mol. The molecule has 0 fully saturated rings. The van der Waals surface area contributed by atoms with Crippen molar-refractivity contribution in [1.82, 2.24) is 0 Å². The molecule has 1 N–H and O–H groups in total. The van der Waals surface area contributed by atoms with Gasteiger partial charge >= 0.3 is 8.80 Å². The van der Waals surface area contributed by atoms with Crippen LogP contribution in [0, 0.1) is 0 Å². The Kier molecular flexibility index (Phi) is 5.39. The van der Waals surface area contributed by atoms with Crippen LogP contribution in [0.4, 0.5) is 0 Å². The van der Waals surface area contributed by atoms with Crippen molar-refractivity contribution in [2.45, 2.75) is 65.6 Å². The Labute approximate surface area is 101 Å². The van der Waals surface area contributed by atoms with Crippen LogP contribution >= 0.6 is 0 Å². The van der Waals surface area contributed by atoms with Gasteiger partial charge in [-0.25, -0.2) is 0 Å². The Morgan fingerprint density at radius 3 is 1.56 bits per heavy atom. The lowest BCUT2D eigenvalue weighted by Gasteiger charge is -2.37. The zero-order valence-electron chi connectivity index (χ0n) is 11.5. The lowest BCUT2D eigenvalue weighted by Crippen LogP contribution is -2.51. The molecular formula is C12H26O3Si. The van der Waals surface area contributed by atoms with E-state index in [1.165, 1.54) is 5.70 Å². The molecule has 0 radical (unpaired) electrons. The maximum Gasteiger partial charge on any atom is 0.527 e. The Balaban J connectivity index is 4.73. The van der Waals surface area contributed by atoms with E-state index in [1.807, 2.05) is 41.5 Å². The van der Waals surface area contributed by atoms with Gasteiger partial charge in [0.1, 0.15) is 0 Å². The van der Waals surface area contributed by atoms with E-state index in [-0.39, 0.29) is 11.2 Å². The quantitative estimate of drug-likeness (QED) is 0.702. The predicted octanol–water partition coefficient (Wildman–Crippen LogP) is 3.05. The zero-order valence-corrected chi connectivity index (χ0v) is 12.5. The molecule has 0 bridgehead atoms. The molecule has 96 valence electrons. The molecule has 0 saturated heterocycles. The van der Waals surface area contributed by atoms with Gasteiger partial charge in [-0.15, -0.1) is 0 Å². The van der Waals surface area contributed by atoms with Crippen molar-refractivity contribution in [3.8, 4) is 0 Å². The van der Waals surface area contributed by atoms with E-state index in [1.54, 1.807) is 0 Å². The predicted molar refractivity (Wildman–Crippen MR) is 69.1 cm³/mol. The molecule has 0 heterocycles. The standard InChI is InChI=1S/C12H26O3Si/c1-8-11(4,5)14-16(13,10-3)15-12(6,7)9-2/h10,13H,3,8-9H2,1-2,4-7H3. The summed E-state index contributed by atoms with van der Waals surface area (Å²) in [4.78, 5) is 10.3. The summed E-state index contributed by atoms with van der Waals surface area (Å²) in [7, 11) is -3.27. The topological polar surface area (TPSA) is 38.7 Å². The molecular weight excluding hydrogens is 220 g/mol. The smallest absolute Gasteiger partial charge is 0.387 e. The molecule has 0 aromatic heterocycles. The Morgan fingerprint density at radius 1 is 1.06 bits per heavy atom. The summed E-state index contributed by atoms with van der Waals surface area (Å²) in [5.41, 5.74) is 0.653.